The maximum Gasteiger partial charge on any atom is 0.264 e. The first-order chi connectivity index (χ1) is 17.9. The number of hydrogen-bond acceptors (Lipinski definition) is 4. The van der Waals surface area contributed by atoms with Crippen molar-refractivity contribution in [2.45, 2.75) is 44.3 Å². The van der Waals surface area contributed by atoms with Crippen molar-refractivity contribution < 1.29 is 18.0 Å². The number of sulfonamides is 1. The Morgan fingerprint density at radius 2 is 1.55 bits per heavy atom. The molecule has 1 N–H and O–H groups in total. The Bertz CT molecular complexity index is 1400. The van der Waals surface area contributed by atoms with Crippen LogP contribution in [0, 0.1) is 0 Å². The second-order valence-corrected chi connectivity index (χ2v) is 12.0. The summed E-state index contributed by atoms with van der Waals surface area (Å²) in [6, 6.07) is 17.9. The maximum absolute atomic E-state index is 13.8. The quantitative estimate of drug-likeness (QED) is 0.321. The Morgan fingerprint density at radius 1 is 0.868 bits per heavy atom. The zero-order chi connectivity index (χ0) is 28.0. The highest BCUT2D eigenvalue weighted by Gasteiger charge is 2.32. The first kappa shape index (κ1) is 29.8. The minimum atomic E-state index is -4.19. The fourth-order valence-corrected chi connectivity index (χ4v) is 5.64. The molecule has 7 nitrogen and oxygen atoms in total. The number of rotatable bonds is 10. The van der Waals surface area contributed by atoms with Gasteiger partial charge in [-0.1, -0.05) is 65.1 Å². The van der Waals surface area contributed by atoms with E-state index in [4.69, 9.17) is 34.8 Å². The lowest BCUT2D eigenvalue weighted by Crippen LogP contribution is -2.52. The SMILES string of the molecule is CC(C)NC(=O)[C@H](C)N(Cc1cccc(Cl)c1)C(=O)CN(c1ccc(Cl)c(Cl)c1)S(=O)(=O)c1ccccc1. The molecule has 0 aromatic heterocycles. The molecule has 3 aromatic carbocycles. The van der Waals surface area contributed by atoms with Crippen LogP contribution >= 0.6 is 34.8 Å². The zero-order valence-corrected chi connectivity index (χ0v) is 24.2. The fourth-order valence-electron chi connectivity index (χ4n) is 3.71. The Morgan fingerprint density at radius 3 is 2.16 bits per heavy atom. The summed E-state index contributed by atoms with van der Waals surface area (Å²) in [6.07, 6.45) is 0. The second kappa shape index (κ2) is 12.8. The van der Waals surface area contributed by atoms with Gasteiger partial charge in [-0.15, -0.1) is 0 Å². The van der Waals surface area contributed by atoms with Crippen molar-refractivity contribution in [1.29, 1.82) is 0 Å². The molecule has 0 unspecified atom stereocenters. The first-order valence-corrected chi connectivity index (χ1v) is 14.3. The third kappa shape index (κ3) is 7.41. The van der Waals surface area contributed by atoms with Crippen LogP contribution in [0.5, 0.6) is 0 Å². The number of carbonyl (C=O) groups is 2. The lowest BCUT2D eigenvalue weighted by Gasteiger charge is -2.32. The number of hydrogen-bond donors (Lipinski definition) is 1. The van der Waals surface area contributed by atoms with Crippen LogP contribution in [0.2, 0.25) is 15.1 Å². The zero-order valence-electron chi connectivity index (χ0n) is 21.1. The van der Waals surface area contributed by atoms with E-state index in [2.05, 4.69) is 5.32 Å². The summed E-state index contributed by atoms with van der Waals surface area (Å²) in [4.78, 5) is 28.1. The molecule has 11 heteroatoms. The van der Waals surface area contributed by atoms with E-state index in [1.54, 1.807) is 49.4 Å². The molecule has 0 saturated carbocycles. The second-order valence-electron chi connectivity index (χ2n) is 8.91. The van der Waals surface area contributed by atoms with Crippen molar-refractivity contribution in [2.24, 2.45) is 0 Å². The van der Waals surface area contributed by atoms with Gasteiger partial charge in [-0.25, -0.2) is 8.42 Å². The van der Waals surface area contributed by atoms with Crippen molar-refractivity contribution in [1.82, 2.24) is 10.2 Å². The molecular formula is C27H28Cl3N3O4S. The molecule has 0 heterocycles. The highest BCUT2D eigenvalue weighted by molar-refractivity contribution is 7.92. The molecule has 3 rings (SSSR count). The molecule has 0 saturated heterocycles. The van der Waals surface area contributed by atoms with E-state index in [1.807, 2.05) is 13.8 Å². The van der Waals surface area contributed by atoms with Gasteiger partial charge < -0.3 is 10.2 Å². The van der Waals surface area contributed by atoms with E-state index >= 15 is 0 Å². The van der Waals surface area contributed by atoms with E-state index in [1.165, 1.54) is 35.2 Å². The molecule has 0 bridgehead atoms. The third-order valence-electron chi connectivity index (χ3n) is 5.64. The van der Waals surface area contributed by atoms with Crippen molar-refractivity contribution >= 4 is 62.3 Å². The summed E-state index contributed by atoms with van der Waals surface area (Å²) >= 11 is 18.4. The Hall–Kier alpha value is -2.78. The molecule has 0 radical (unpaired) electrons. The molecule has 202 valence electrons. The third-order valence-corrected chi connectivity index (χ3v) is 8.40. The van der Waals surface area contributed by atoms with Crippen molar-refractivity contribution in [3.05, 3.63) is 93.4 Å². The van der Waals surface area contributed by atoms with Crippen LogP contribution in [-0.2, 0) is 26.2 Å². The molecule has 1 atom stereocenters. The number of amides is 2. The largest absolute Gasteiger partial charge is 0.352 e. The van der Waals surface area contributed by atoms with Crippen LogP contribution in [0.15, 0.2) is 77.7 Å². The summed E-state index contributed by atoms with van der Waals surface area (Å²) in [5, 5.41) is 3.64. The molecule has 0 aliphatic heterocycles. The minimum absolute atomic E-state index is 0.00846. The van der Waals surface area contributed by atoms with E-state index in [9.17, 15) is 18.0 Å². The van der Waals surface area contributed by atoms with Crippen LogP contribution in [0.25, 0.3) is 0 Å². The summed E-state index contributed by atoms with van der Waals surface area (Å²) in [7, 11) is -4.19. The molecule has 2 amide bonds. The predicted octanol–water partition coefficient (Wildman–Crippen LogP) is 5.78. The Labute approximate surface area is 238 Å². The molecule has 38 heavy (non-hydrogen) atoms. The van der Waals surface area contributed by atoms with Crippen LogP contribution in [0.3, 0.4) is 0 Å². The average molecular weight is 597 g/mol. The molecular weight excluding hydrogens is 569 g/mol. The van der Waals surface area contributed by atoms with Gasteiger partial charge in [-0.2, -0.15) is 0 Å². The standard InChI is InChI=1S/C27H28Cl3N3O4S/c1-18(2)31-27(35)19(3)32(16-20-8-7-9-21(28)14-20)26(34)17-33(22-12-13-24(29)25(30)15-22)38(36,37)23-10-5-4-6-11-23/h4-15,18-19H,16-17H2,1-3H3,(H,31,35)/t19-/m0/s1. The average Bonchev–Trinajstić information content (AvgIpc) is 2.87. The molecule has 0 aliphatic carbocycles. The van der Waals surface area contributed by atoms with Crippen LogP contribution in [0.4, 0.5) is 5.69 Å². The first-order valence-electron chi connectivity index (χ1n) is 11.8. The smallest absolute Gasteiger partial charge is 0.264 e. The van der Waals surface area contributed by atoms with Gasteiger partial charge in [0.1, 0.15) is 12.6 Å². The molecule has 0 aliphatic rings. The van der Waals surface area contributed by atoms with Crippen molar-refractivity contribution in [3.8, 4) is 0 Å². The molecule has 0 spiro atoms. The monoisotopic (exact) mass is 595 g/mol. The maximum atomic E-state index is 13.8. The number of nitrogens with one attached hydrogen (secondary N) is 1. The van der Waals surface area contributed by atoms with Gasteiger partial charge in [0.05, 0.1) is 20.6 Å². The van der Waals surface area contributed by atoms with Gasteiger partial charge in [-0.3, -0.25) is 13.9 Å². The normalized spacial score (nSPS) is 12.2. The van der Waals surface area contributed by atoms with E-state index in [0.29, 0.717) is 10.6 Å². The summed E-state index contributed by atoms with van der Waals surface area (Å²) in [5.41, 5.74) is 0.834. The van der Waals surface area contributed by atoms with Gasteiger partial charge in [0.2, 0.25) is 11.8 Å². The number of halogens is 3. The van der Waals surface area contributed by atoms with Gasteiger partial charge in [0.25, 0.3) is 10.0 Å². The highest BCUT2D eigenvalue weighted by atomic mass is 35.5. The lowest BCUT2D eigenvalue weighted by molar-refractivity contribution is -0.139. The van der Waals surface area contributed by atoms with Crippen LogP contribution in [0.1, 0.15) is 26.3 Å². The van der Waals surface area contributed by atoms with E-state index in [-0.39, 0.29) is 39.1 Å². The summed E-state index contributed by atoms with van der Waals surface area (Å²) in [6.45, 7) is 4.66. The minimum Gasteiger partial charge on any atom is -0.352 e. The highest BCUT2D eigenvalue weighted by Crippen LogP contribution is 2.31. The van der Waals surface area contributed by atoms with Crippen molar-refractivity contribution in [3.63, 3.8) is 0 Å². The number of benzene rings is 3. The summed E-state index contributed by atoms with van der Waals surface area (Å²) < 4.78 is 28.4. The van der Waals surface area contributed by atoms with E-state index < -0.39 is 28.5 Å². The Balaban J connectivity index is 2.05. The lowest BCUT2D eigenvalue weighted by atomic mass is 10.1. The predicted molar refractivity (Wildman–Crippen MR) is 152 cm³/mol. The molecule has 3 aromatic rings. The Kier molecular flexibility index (Phi) is 10.1. The van der Waals surface area contributed by atoms with Gasteiger partial charge in [-0.05, 0) is 68.8 Å². The number of nitrogens with zero attached hydrogens (tertiary/aromatic N) is 2. The van der Waals surface area contributed by atoms with Crippen molar-refractivity contribution in [2.75, 3.05) is 10.8 Å². The molecule has 0 fully saturated rings. The van der Waals surface area contributed by atoms with Gasteiger partial charge in [0.15, 0.2) is 0 Å². The topological polar surface area (TPSA) is 86.8 Å². The number of carbonyl (C=O) groups excluding carboxylic acids is 2. The fraction of sp³-hybridized carbons (Fsp3) is 0.259. The van der Waals surface area contributed by atoms with E-state index in [0.717, 1.165) is 4.31 Å². The van der Waals surface area contributed by atoms with Crippen LogP contribution in [-0.4, -0.2) is 43.8 Å². The van der Waals surface area contributed by atoms with Gasteiger partial charge >= 0.3 is 0 Å². The number of anilines is 1. The van der Waals surface area contributed by atoms with Gasteiger partial charge in [0, 0.05) is 17.6 Å². The summed E-state index contributed by atoms with van der Waals surface area (Å²) in [5.74, 6) is -0.968. The van der Waals surface area contributed by atoms with Crippen LogP contribution < -0.4 is 9.62 Å².